The van der Waals surface area contributed by atoms with Crippen molar-refractivity contribution >= 4 is 42.9 Å². The minimum absolute atomic E-state index is 0.307. The monoisotopic (exact) mass is 517 g/mol. The summed E-state index contributed by atoms with van der Waals surface area (Å²) in [6.45, 7) is 0. The van der Waals surface area contributed by atoms with Crippen molar-refractivity contribution in [3.63, 3.8) is 0 Å². The van der Waals surface area contributed by atoms with Gasteiger partial charge in [0.2, 0.25) is 11.6 Å². The second kappa shape index (κ2) is 7.26. The molecule has 4 rings (SSSR count). The van der Waals surface area contributed by atoms with Crippen LogP contribution in [0.3, 0.4) is 0 Å². The van der Waals surface area contributed by atoms with E-state index < -0.39 is 16.9 Å². The van der Waals surface area contributed by atoms with Crippen molar-refractivity contribution < 1.29 is 4.74 Å². The van der Waals surface area contributed by atoms with Gasteiger partial charge in [-0.25, -0.2) is 14.8 Å². The average Bonchev–Trinajstić information content (AvgIpc) is 3.06. The highest BCUT2D eigenvalue weighted by molar-refractivity contribution is 9.11. The maximum atomic E-state index is 12.1. The molecule has 0 aliphatic rings. The lowest BCUT2D eigenvalue weighted by Gasteiger charge is -2.12. The fourth-order valence-electron chi connectivity index (χ4n) is 2.65. The van der Waals surface area contributed by atoms with E-state index in [-0.39, 0.29) is 0 Å². The van der Waals surface area contributed by atoms with Gasteiger partial charge in [-0.15, -0.1) is 5.10 Å². The van der Waals surface area contributed by atoms with E-state index in [2.05, 4.69) is 51.9 Å². The van der Waals surface area contributed by atoms with Crippen LogP contribution in [0.25, 0.3) is 16.7 Å². The lowest BCUT2D eigenvalue weighted by molar-refractivity contribution is 0.462. The summed E-state index contributed by atoms with van der Waals surface area (Å²) in [5.74, 6) is 0.770. The lowest BCUT2D eigenvalue weighted by atomic mass is 10.3. The van der Waals surface area contributed by atoms with Gasteiger partial charge >= 0.3 is 5.69 Å². The number of aromatic nitrogens is 6. The predicted octanol–water partition coefficient (Wildman–Crippen LogP) is 2.39. The Bertz CT molecular complexity index is 1410. The highest BCUT2D eigenvalue weighted by Gasteiger charge is 2.16. The number of benzene rings is 1. The number of H-pyrrole nitrogens is 1. The summed E-state index contributed by atoms with van der Waals surface area (Å²) < 4.78 is 9.71. The zero-order chi connectivity index (χ0) is 20.7. The van der Waals surface area contributed by atoms with Crippen molar-refractivity contribution in [2.24, 2.45) is 7.05 Å². The number of aryl methyl sites for hydroxylation is 1. The predicted molar refractivity (Wildman–Crippen MR) is 109 cm³/mol. The Hall–Kier alpha value is -3.30. The number of aromatic amines is 1. The average molecular weight is 519 g/mol. The van der Waals surface area contributed by atoms with Crippen molar-refractivity contribution in [3.8, 4) is 23.4 Å². The van der Waals surface area contributed by atoms with E-state index in [1.54, 1.807) is 18.2 Å². The van der Waals surface area contributed by atoms with Crippen molar-refractivity contribution in [1.29, 1.82) is 5.26 Å². The fraction of sp³-hybridized carbons (Fsp3) is 0.0588. The summed E-state index contributed by atoms with van der Waals surface area (Å²) in [4.78, 5) is 34.1. The van der Waals surface area contributed by atoms with E-state index in [0.29, 0.717) is 31.9 Å². The highest BCUT2D eigenvalue weighted by atomic mass is 79.9. The first-order valence-corrected chi connectivity index (χ1v) is 9.54. The number of fused-ring (bicyclic) bond motifs is 1. The van der Waals surface area contributed by atoms with E-state index in [4.69, 9.17) is 10.00 Å². The number of nitrogens with zero attached hydrogens (tertiary/aromatic N) is 6. The number of hydrogen-bond donors (Lipinski definition) is 1. The number of rotatable bonds is 3. The van der Waals surface area contributed by atoms with Gasteiger partial charge in [-0.05, 0) is 50.1 Å². The third kappa shape index (κ3) is 3.34. The van der Waals surface area contributed by atoms with Crippen LogP contribution in [0.1, 0.15) is 5.69 Å². The molecule has 0 aliphatic carbocycles. The van der Waals surface area contributed by atoms with Crippen molar-refractivity contribution in [1.82, 2.24) is 29.3 Å². The first-order chi connectivity index (χ1) is 13.9. The van der Waals surface area contributed by atoms with Crippen molar-refractivity contribution in [3.05, 3.63) is 66.2 Å². The Kier molecular flexibility index (Phi) is 4.77. The summed E-state index contributed by atoms with van der Waals surface area (Å²) in [6.07, 6.45) is 3.25. The molecule has 1 aromatic carbocycles. The molecule has 3 aromatic heterocycles. The van der Waals surface area contributed by atoms with Crippen molar-refractivity contribution in [2.75, 3.05) is 0 Å². The molecule has 0 saturated heterocycles. The van der Waals surface area contributed by atoms with E-state index in [9.17, 15) is 9.59 Å². The summed E-state index contributed by atoms with van der Waals surface area (Å²) in [7, 11) is 1.87. The second-order valence-corrected chi connectivity index (χ2v) is 7.52. The maximum Gasteiger partial charge on any atom is 0.349 e. The van der Waals surface area contributed by atoms with E-state index in [1.165, 1.54) is 6.33 Å². The molecule has 0 aliphatic heterocycles. The Morgan fingerprint density at radius 2 is 1.93 bits per heavy atom. The van der Waals surface area contributed by atoms with Gasteiger partial charge in [0.05, 0.1) is 20.0 Å². The van der Waals surface area contributed by atoms with Crippen LogP contribution in [0, 0.1) is 11.3 Å². The van der Waals surface area contributed by atoms with Crippen molar-refractivity contribution in [2.45, 2.75) is 0 Å². The molecule has 10 nitrogen and oxygen atoms in total. The van der Waals surface area contributed by atoms with Crippen LogP contribution >= 0.6 is 31.9 Å². The van der Waals surface area contributed by atoms with Gasteiger partial charge in [0.1, 0.15) is 18.0 Å². The van der Waals surface area contributed by atoms with Gasteiger partial charge in [-0.1, -0.05) is 0 Å². The van der Waals surface area contributed by atoms with Crippen LogP contribution in [0.5, 0.6) is 11.6 Å². The molecule has 29 heavy (non-hydrogen) atoms. The molecular weight excluding hydrogens is 510 g/mol. The Morgan fingerprint density at radius 3 is 2.62 bits per heavy atom. The first kappa shape index (κ1) is 19.0. The van der Waals surface area contributed by atoms with Gasteiger partial charge in [0.25, 0.3) is 5.56 Å². The van der Waals surface area contributed by atoms with Crippen LogP contribution in [-0.4, -0.2) is 29.3 Å². The molecule has 3 heterocycles. The first-order valence-electron chi connectivity index (χ1n) is 7.96. The smallest absolute Gasteiger partial charge is 0.349 e. The van der Waals surface area contributed by atoms with E-state index in [0.717, 1.165) is 10.1 Å². The molecule has 0 amide bonds. The number of nitrogens with one attached hydrogen (secondary N) is 1. The molecule has 0 unspecified atom stereocenters. The topological polar surface area (TPSA) is 131 Å². The molecular formula is C17H9Br2N7O3. The Balaban J connectivity index is 1.80. The van der Waals surface area contributed by atoms with Crippen LogP contribution in [0.4, 0.5) is 0 Å². The zero-order valence-corrected chi connectivity index (χ0v) is 17.7. The molecule has 0 fully saturated rings. The third-order valence-electron chi connectivity index (χ3n) is 3.99. The second-order valence-electron chi connectivity index (χ2n) is 5.81. The number of ether oxygens (including phenoxy) is 1. The molecule has 0 atom stereocenters. The SMILES string of the molecule is Cn1ccc2c(Oc3c(Br)cc(-n4nc(C#N)c(=O)[nH]c4=O)cc3Br)ncnc21. The fourth-order valence-corrected chi connectivity index (χ4v) is 3.97. The summed E-state index contributed by atoms with van der Waals surface area (Å²) in [6, 6.07) is 6.62. The van der Waals surface area contributed by atoms with Gasteiger partial charge in [0.15, 0.2) is 5.75 Å². The van der Waals surface area contributed by atoms with Crippen LogP contribution < -0.4 is 16.0 Å². The molecule has 12 heteroatoms. The number of halogens is 2. The minimum atomic E-state index is -0.845. The maximum absolute atomic E-state index is 12.1. The Morgan fingerprint density at radius 1 is 1.21 bits per heavy atom. The molecule has 4 aromatic rings. The van der Waals surface area contributed by atoms with Crippen LogP contribution in [0.15, 0.2) is 49.3 Å². The van der Waals surface area contributed by atoms with Crippen LogP contribution in [-0.2, 0) is 7.05 Å². The Labute approximate surface area is 178 Å². The van der Waals surface area contributed by atoms with Crippen LogP contribution in [0.2, 0.25) is 0 Å². The quantitative estimate of drug-likeness (QED) is 0.440. The lowest BCUT2D eigenvalue weighted by Crippen LogP contribution is -2.33. The van der Waals surface area contributed by atoms with Gasteiger partial charge in [-0.2, -0.15) is 9.94 Å². The van der Waals surface area contributed by atoms with E-state index >= 15 is 0 Å². The van der Waals surface area contributed by atoms with Gasteiger partial charge < -0.3 is 9.30 Å². The minimum Gasteiger partial charge on any atom is -0.436 e. The number of hydrogen-bond acceptors (Lipinski definition) is 7. The number of nitriles is 1. The van der Waals surface area contributed by atoms with E-state index in [1.807, 2.05) is 23.9 Å². The molecule has 0 saturated carbocycles. The summed E-state index contributed by atoms with van der Waals surface area (Å²) in [5, 5.41) is 13.5. The van der Waals surface area contributed by atoms with Gasteiger partial charge in [-0.3, -0.25) is 9.78 Å². The molecule has 1 N–H and O–H groups in total. The third-order valence-corrected chi connectivity index (χ3v) is 5.16. The normalized spacial score (nSPS) is 10.8. The molecule has 0 bridgehead atoms. The largest absolute Gasteiger partial charge is 0.436 e. The summed E-state index contributed by atoms with van der Waals surface area (Å²) in [5.41, 5.74) is -1.02. The highest BCUT2D eigenvalue weighted by Crippen LogP contribution is 2.39. The summed E-state index contributed by atoms with van der Waals surface area (Å²) >= 11 is 6.83. The molecule has 0 spiro atoms. The standard InChI is InChI=1S/C17H9Br2N7O3/c1-25-3-2-9-14(25)21-7-22-16(9)29-13-10(18)4-8(5-11(13)19)26-17(28)23-15(27)12(6-20)24-26/h2-5,7H,1H3,(H,23,27,28). The molecule has 0 radical (unpaired) electrons. The zero-order valence-electron chi connectivity index (χ0n) is 14.6. The molecule has 144 valence electrons. The van der Waals surface area contributed by atoms with Gasteiger partial charge in [0, 0.05) is 13.2 Å².